The Morgan fingerprint density at radius 2 is 2.30 bits per heavy atom. The highest BCUT2D eigenvalue weighted by molar-refractivity contribution is 5.89. The number of fused-ring (bicyclic) bond motifs is 3. The fourth-order valence-electron chi connectivity index (χ4n) is 2.48. The topological polar surface area (TPSA) is 74.3 Å². The van der Waals surface area contributed by atoms with Gasteiger partial charge in [-0.2, -0.15) is 5.10 Å². The minimum Gasteiger partial charge on any atom is -0.462 e. The van der Waals surface area contributed by atoms with E-state index in [-0.39, 0.29) is 12.2 Å². The summed E-state index contributed by atoms with van der Waals surface area (Å²) in [5.41, 5.74) is 1.98. The van der Waals surface area contributed by atoms with Gasteiger partial charge in [0, 0.05) is 12.7 Å². The van der Waals surface area contributed by atoms with Gasteiger partial charge in [-0.25, -0.2) is 9.59 Å². The SMILES string of the molecule is CCOC(=O)c1cc2c(oc1=O)-c1cnn(C)c1CC2. The van der Waals surface area contributed by atoms with Gasteiger partial charge in [0.1, 0.15) is 11.3 Å². The maximum absolute atomic E-state index is 11.9. The predicted octanol–water partition coefficient (Wildman–Crippen LogP) is 1.32. The van der Waals surface area contributed by atoms with Crippen LogP contribution in [0.5, 0.6) is 0 Å². The summed E-state index contributed by atoms with van der Waals surface area (Å²) in [5, 5.41) is 4.18. The zero-order valence-corrected chi connectivity index (χ0v) is 11.3. The number of carbonyl (C=O) groups excluding carboxylic acids is 1. The number of hydrogen-bond acceptors (Lipinski definition) is 5. The highest BCUT2D eigenvalue weighted by atomic mass is 16.5. The molecule has 2 aromatic heterocycles. The van der Waals surface area contributed by atoms with Gasteiger partial charge in [0.25, 0.3) is 0 Å². The highest BCUT2D eigenvalue weighted by Gasteiger charge is 2.25. The Morgan fingerprint density at radius 1 is 1.50 bits per heavy atom. The lowest BCUT2D eigenvalue weighted by molar-refractivity contribution is 0.0521. The number of ether oxygens (including phenoxy) is 1. The fraction of sp³-hybridized carbons (Fsp3) is 0.357. The van der Waals surface area contributed by atoms with Crippen LogP contribution in [0, 0.1) is 0 Å². The van der Waals surface area contributed by atoms with Crippen LogP contribution >= 0.6 is 0 Å². The van der Waals surface area contributed by atoms with Gasteiger partial charge in [-0.05, 0) is 31.4 Å². The van der Waals surface area contributed by atoms with Crippen molar-refractivity contribution >= 4 is 5.97 Å². The quantitative estimate of drug-likeness (QED) is 0.772. The third-order valence-electron chi connectivity index (χ3n) is 3.46. The second-order valence-electron chi connectivity index (χ2n) is 4.65. The smallest absolute Gasteiger partial charge is 0.351 e. The number of hydrogen-bond donors (Lipinski definition) is 0. The van der Waals surface area contributed by atoms with Crippen molar-refractivity contribution in [2.45, 2.75) is 19.8 Å². The minimum atomic E-state index is -0.668. The third kappa shape index (κ3) is 1.84. The molecule has 1 aliphatic rings. The van der Waals surface area contributed by atoms with Gasteiger partial charge >= 0.3 is 11.6 Å². The van der Waals surface area contributed by atoms with Crippen LogP contribution in [0.15, 0.2) is 21.5 Å². The zero-order chi connectivity index (χ0) is 14.3. The number of aromatic nitrogens is 2. The summed E-state index contributed by atoms with van der Waals surface area (Å²) in [6.45, 7) is 1.92. The number of esters is 1. The fourth-order valence-corrected chi connectivity index (χ4v) is 2.48. The van der Waals surface area contributed by atoms with Gasteiger partial charge < -0.3 is 9.15 Å². The molecule has 0 saturated carbocycles. The normalized spacial score (nSPS) is 12.7. The lowest BCUT2D eigenvalue weighted by Crippen LogP contribution is -2.19. The van der Waals surface area contributed by atoms with Crippen molar-refractivity contribution in [2.24, 2.45) is 7.05 Å². The lowest BCUT2D eigenvalue weighted by Gasteiger charge is -2.15. The molecule has 1 aliphatic carbocycles. The summed E-state index contributed by atoms with van der Waals surface area (Å²) >= 11 is 0. The van der Waals surface area contributed by atoms with Crippen molar-refractivity contribution in [1.82, 2.24) is 9.78 Å². The van der Waals surface area contributed by atoms with E-state index in [0.29, 0.717) is 12.2 Å². The monoisotopic (exact) mass is 274 g/mol. The molecular weight excluding hydrogens is 260 g/mol. The van der Waals surface area contributed by atoms with E-state index in [9.17, 15) is 9.59 Å². The molecule has 2 aromatic rings. The van der Waals surface area contributed by atoms with Gasteiger partial charge in [0.05, 0.1) is 18.4 Å². The third-order valence-corrected chi connectivity index (χ3v) is 3.46. The van der Waals surface area contributed by atoms with Crippen molar-refractivity contribution in [2.75, 3.05) is 6.61 Å². The van der Waals surface area contributed by atoms with Gasteiger partial charge in [-0.3, -0.25) is 4.68 Å². The number of carbonyl (C=O) groups is 1. The van der Waals surface area contributed by atoms with E-state index < -0.39 is 11.6 Å². The number of rotatable bonds is 2. The summed E-state index contributed by atoms with van der Waals surface area (Å²) in [6, 6.07) is 1.58. The molecule has 104 valence electrons. The van der Waals surface area contributed by atoms with Crippen molar-refractivity contribution in [3.05, 3.63) is 39.5 Å². The maximum atomic E-state index is 11.9. The van der Waals surface area contributed by atoms with E-state index in [2.05, 4.69) is 5.10 Å². The molecule has 0 aliphatic heterocycles. The van der Waals surface area contributed by atoms with Crippen LogP contribution < -0.4 is 5.63 Å². The lowest BCUT2D eigenvalue weighted by atomic mass is 9.94. The van der Waals surface area contributed by atoms with E-state index in [0.717, 1.165) is 23.2 Å². The Balaban J connectivity index is 2.13. The molecule has 0 aromatic carbocycles. The van der Waals surface area contributed by atoms with Crippen LogP contribution in [0.4, 0.5) is 0 Å². The van der Waals surface area contributed by atoms with Crippen molar-refractivity contribution < 1.29 is 13.9 Å². The van der Waals surface area contributed by atoms with E-state index in [1.54, 1.807) is 23.9 Å². The first-order valence-electron chi connectivity index (χ1n) is 6.47. The maximum Gasteiger partial charge on any atom is 0.351 e. The summed E-state index contributed by atoms with van der Waals surface area (Å²) in [5.74, 6) is -0.126. The summed E-state index contributed by atoms with van der Waals surface area (Å²) < 4.78 is 12.0. The molecule has 0 radical (unpaired) electrons. The van der Waals surface area contributed by atoms with Crippen LogP contribution in [0.3, 0.4) is 0 Å². The van der Waals surface area contributed by atoms with Crippen LogP contribution in [-0.2, 0) is 24.6 Å². The zero-order valence-electron chi connectivity index (χ0n) is 11.3. The molecule has 6 nitrogen and oxygen atoms in total. The van der Waals surface area contributed by atoms with E-state index >= 15 is 0 Å². The highest BCUT2D eigenvalue weighted by Crippen LogP contribution is 2.32. The Morgan fingerprint density at radius 3 is 3.05 bits per heavy atom. The molecule has 6 heteroatoms. The average Bonchev–Trinajstić information content (AvgIpc) is 2.80. The standard InChI is InChI=1S/C14H14N2O4/c1-3-19-13(17)9-6-8-4-5-11-10(7-15-16(11)2)12(8)20-14(9)18/h6-7H,3-5H2,1-2H3. The van der Waals surface area contributed by atoms with E-state index in [4.69, 9.17) is 9.15 Å². The summed E-state index contributed by atoms with van der Waals surface area (Å²) in [4.78, 5) is 23.6. The number of aryl methyl sites for hydroxylation is 2. The molecule has 0 N–H and O–H groups in total. The van der Waals surface area contributed by atoms with Crippen LogP contribution in [0.1, 0.15) is 28.5 Å². The van der Waals surface area contributed by atoms with Crippen molar-refractivity contribution in [1.29, 1.82) is 0 Å². The first-order valence-corrected chi connectivity index (χ1v) is 6.47. The second-order valence-corrected chi connectivity index (χ2v) is 4.65. The minimum absolute atomic E-state index is 0.0436. The van der Waals surface area contributed by atoms with Crippen molar-refractivity contribution in [3.63, 3.8) is 0 Å². The Bertz CT molecular complexity index is 742. The number of nitrogens with zero attached hydrogens (tertiary/aromatic N) is 2. The molecule has 2 heterocycles. The second kappa shape index (κ2) is 4.63. The van der Waals surface area contributed by atoms with Crippen LogP contribution in [0.2, 0.25) is 0 Å². The Kier molecular flexibility index (Phi) is 2.93. The first-order chi connectivity index (χ1) is 9.61. The summed E-state index contributed by atoms with van der Waals surface area (Å²) in [7, 11) is 1.86. The first kappa shape index (κ1) is 12.7. The molecule has 0 unspecified atom stereocenters. The van der Waals surface area contributed by atoms with Crippen molar-refractivity contribution in [3.8, 4) is 11.3 Å². The van der Waals surface area contributed by atoms with E-state index in [1.807, 2.05) is 7.05 Å². The Labute approximate surface area is 115 Å². The molecule has 20 heavy (non-hydrogen) atoms. The van der Waals surface area contributed by atoms with Gasteiger partial charge in [0.2, 0.25) is 0 Å². The average molecular weight is 274 g/mol. The van der Waals surface area contributed by atoms with Crippen LogP contribution in [0.25, 0.3) is 11.3 Å². The molecule has 0 amide bonds. The largest absolute Gasteiger partial charge is 0.462 e. The van der Waals surface area contributed by atoms with Gasteiger partial charge in [0.15, 0.2) is 0 Å². The van der Waals surface area contributed by atoms with E-state index in [1.165, 1.54) is 0 Å². The molecule has 0 fully saturated rings. The molecule has 0 bridgehead atoms. The molecule has 0 spiro atoms. The van der Waals surface area contributed by atoms with Crippen LogP contribution in [-0.4, -0.2) is 22.4 Å². The Hall–Kier alpha value is -2.37. The molecule has 3 rings (SSSR count). The summed E-state index contributed by atoms with van der Waals surface area (Å²) in [6.07, 6.45) is 3.19. The van der Waals surface area contributed by atoms with Gasteiger partial charge in [-0.15, -0.1) is 0 Å². The molecule has 0 saturated heterocycles. The van der Waals surface area contributed by atoms with Gasteiger partial charge in [-0.1, -0.05) is 0 Å². The predicted molar refractivity (Wildman–Crippen MR) is 70.5 cm³/mol. The molecule has 0 atom stereocenters. The molecular formula is C14H14N2O4.